The largest absolute Gasteiger partial charge is 0.255 e. The Morgan fingerprint density at radius 1 is 1.20 bits per heavy atom. The van der Waals surface area contributed by atoms with Gasteiger partial charge in [0.25, 0.3) is 10.0 Å². The van der Waals surface area contributed by atoms with E-state index in [2.05, 4.69) is 24.1 Å². The lowest BCUT2D eigenvalue weighted by atomic mass is 9.88. The molecule has 4 nitrogen and oxygen atoms in total. The molecule has 0 aliphatic heterocycles. The first kappa shape index (κ1) is 13.5. The SMILES string of the molecule is CC1=CC2(C=C1c1ccc(S(N)(=O)=O)nc1)CCCC2. The third kappa shape index (κ3) is 2.31. The average molecular weight is 290 g/mol. The van der Waals surface area contributed by atoms with Gasteiger partial charge in [-0.2, -0.15) is 0 Å². The van der Waals surface area contributed by atoms with Gasteiger partial charge in [-0.15, -0.1) is 0 Å². The molecule has 0 unspecified atom stereocenters. The quantitative estimate of drug-likeness (QED) is 0.910. The summed E-state index contributed by atoms with van der Waals surface area (Å²) in [6.45, 7) is 2.10. The van der Waals surface area contributed by atoms with Crippen LogP contribution in [-0.2, 0) is 10.0 Å². The molecule has 20 heavy (non-hydrogen) atoms. The van der Waals surface area contributed by atoms with Crippen molar-refractivity contribution in [3.63, 3.8) is 0 Å². The van der Waals surface area contributed by atoms with Crippen molar-refractivity contribution < 1.29 is 8.42 Å². The monoisotopic (exact) mass is 290 g/mol. The second-order valence-electron chi connectivity index (χ2n) is 5.76. The first-order valence-corrected chi connectivity index (χ1v) is 8.36. The van der Waals surface area contributed by atoms with Crippen molar-refractivity contribution in [3.05, 3.63) is 41.6 Å². The van der Waals surface area contributed by atoms with Gasteiger partial charge in [0, 0.05) is 17.2 Å². The number of allylic oxidation sites excluding steroid dienone is 4. The molecule has 1 aromatic heterocycles. The second-order valence-corrected chi connectivity index (χ2v) is 7.26. The number of sulfonamides is 1. The van der Waals surface area contributed by atoms with Crippen LogP contribution in [0.25, 0.3) is 5.57 Å². The molecule has 106 valence electrons. The molecule has 0 radical (unpaired) electrons. The number of primary sulfonamides is 1. The number of hydrogen-bond donors (Lipinski definition) is 1. The van der Waals surface area contributed by atoms with Crippen LogP contribution in [0.3, 0.4) is 0 Å². The lowest BCUT2D eigenvalue weighted by molar-refractivity contribution is 0.521. The predicted octanol–water partition coefficient (Wildman–Crippen LogP) is 2.63. The number of nitrogens with two attached hydrogens (primary N) is 1. The van der Waals surface area contributed by atoms with Crippen molar-refractivity contribution in [2.24, 2.45) is 10.6 Å². The van der Waals surface area contributed by atoms with Crippen LogP contribution in [0.15, 0.2) is 41.1 Å². The molecule has 1 saturated carbocycles. The Bertz CT molecular complexity index is 694. The van der Waals surface area contributed by atoms with E-state index in [1.54, 1.807) is 12.3 Å². The fraction of sp³-hybridized carbons (Fsp3) is 0.400. The predicted molar refractivity (Wildman–Crippen MR) is 78.2 cm³/mol. The van der Waals surface area contributed by atoms with Crippen molar-refractivity contribution >= 4 is 15.6 Å². The molecule has 0 aromatic carbocycles. The van der Waals surface area contributed by atoms with E-state index in [1.807, 2.05) is 0 Å². The molecule has 0 atom stereocenters. The highest BCUT2D eigenvalue weighted by molar-refractivity contribution is 7.89. The fourth-order valence-corrected chi connectivity index (χ4v) is 3.75. The van der Waals surface area contributed by atoms with E-state index in [4.69, 9.17) is 5.14 Å². The van der Waals surface area contributed by atoms with E-state index in [1.165, 1.54) is 42.9 Å². The highest BCUT2D eigenvalue weighted by Gasteiger charge is 2.34. The van der Waals surface area contributed by atoms with Gasteiger partial charge in [-0.1, -0.05) is 25.0 Å². The summed E-state index contributed by atoms with van der Waals surface area (Å²) in [6.07, 6.45) is 11.2. The first-order chi connectivity index (χ1) is 9.40. The van der Waals surface area contributed by atoms with Gasteiger partial charge >= 0.3 is 0 Å². The molecular weight excluding hydrogens is 272 g/mol. The van der Waals surface area contributed by atoms with Gasteiger partial charge < -0.3 is 0 Å². The number of hydrogen-bond acceptors (Lipinski definition) is 3. The van der Waals surface area contributed by atoms with Gasteiger partial charge in [0.15, 0.2) is 5.03 Å². The summed E-state index contributed by atoms with van der Waals surface area (Å²) in [5, 5.41) is 4.98. The summed E-state index contributed by atoms with van der Waals surface area (Å²) in [5.74, 6) is 0. The van der Waals surface area contributed by atoms with Gasteiger partial charge in [-0.25, -0.2) is 18.5 Å². The molecular formula is C15H18N2O2S. The summed E-state index contributed by atoms with van der Waals surface area (Å²) < 4.78 is 22.4. The Kier molecular flexibility index (Phi) is 3.06. The topological polar surface area (TPSA) is 73.1 Å². The van der Waals surface area contributed by atoms with Crippen LogP contribution in [0.5, 0.6) is 0 Å². The molecule has 1 heterocycles. The van der Waals surface area contributed by atoms with Crippen molar-refractivity contribution in [2.75, 3.05) is 0 Å². The van der Waals surface area contributed by atoms with Crippen molar-refractivity contribution in [3.8, 4) is 0 Å². The molecule has 5 heteroatoms. The Morgan fingerprint density at radius 2 is 1.90 bits per heavy atom. The zero-order valence-corrected chi connectivity index (χ0v) is 12.3. The highest BCUT2D eigenvalue weighted by atomic mass is 32.2. The number of nitrogens with zero attached hydrogens (tertiary/aromatic N) is 1. The maximum absolute atomic E-state index is 11.2. The third-order valence-electron chi connectivity index (χ3n) is 4.23. The van der Waals surface area contributed by atoms with Crippen molar-refractivity contribution in [1.82, 2.24) is 4.98 Å². The van der Waals surface area contributed by atoms with Gasteiger partial charge in [0.05, 0.1) is 0 Å². The van der Waals surface area contributed by atoms with E-state index in [9.17, 15) is 8.42 Å². The van der Waals surface area contributed by atoms with Gasteiger partial charge in [0.1, 0.15) is 0 Å². The smallest absolute Gasteiger partial charge is 0.243 e. The van der Waals surface area contributed by atoms with E-state index >= 15 is 0 Å². The summed E-state index contributed by atoms with van der Waals surface area (Å²) >= 11 is 0. The summed E-state index contributed by atoms with van der Waals surface area (Å²) in [6, 6.07) is 3.25. The lowest BCUT2D eigenvalue weighted by Gasteiger charge is -2.16. The minimum Gasteiger partial charge on any atom is -0.243 e. The van der Waals surface area contributed by atoms with Crippen LogP contribution in [-0.4, -0.2) is 13.4 Å². The minimum atomic E-state index is -3.72. The van der Waals surface area contributed by atoms with Gasteiger partial charge in [0.2, 0.25) is 0 Å². The molecule has 0 saturated heterocycles. The Hall–Kier alpha value is -1.46. The molecule has 0 amide bonds. The Morgan fingerprint density at radius 3 is 2.45 bits per heavy atom. The van der Waals surface area contributed by atoms with E-state index in [-0.39, 0.29) is 10.4 Å². The normalized spacial score (nSPS) is 21.1. The Labute approximate surface area is 119 Å². The van der Waals surface area contributed by atoms with Crippen LogP contribution in [0.2, 0.25) is 0 Å². The molecule has 0 bridgehead atoms. The van der Waals surface area contributed by atoms with Crippen LogP contribution in [0, 0.1) is 5.41 Å². The van der Waals surface area contributed by atoms with Crippen molar-refractivity contribution in [2.45, 2.75) is 37.6 Å². The van der Waals surface area contributed by atoms with E-state index in [0.29, 0.717) is 0 Å². The zero-order chi connectivity index (χ0) is 14.4. The second kappa shape index (κ2) is 4.53. The van der Waals surface area contributed by atoms with Gasteiger partial charge in [-0.05, 0) is 43.0 Å². The molecule has 2 aliphatic carbocycles. The molecule has 3 rings (SSSR count). The van der Waals surface area contributed by atoms with Crippen LogP contribution in [0.4, 0.5) is 0 Å². The third-order valence-corrected chi connectivity index (χ3v) is 5.06. The standard InChI is InChI=1S/C15H18N2O2S/c1-11-8-15(6-2-3-7-15)9-13(11)12-4-5-14(17-10-12)20(16,18)19/h4-5,8-10H,2-3,6-7H2,1H3,(H2,16,18,19). The average Bonchev–Trinajstić information content (AvgIpc) is 2.96. The van der Waals surface area contributed by atoms with Crippen LogP contribution < -0.4 is 5.14 Å². The van der Waals surface area contributed by atoms with E-state index < -0.39 is 10.0 Å². The number of aromatic nitrogens is 1. The number of pyridine rings is 1. The molecule has 2 N–H and O–H groups in total. The molecule has 1 spiro atoms. The molecule has 2 aliphatic rings. The van der Waals surface area contributed by atoms with Crippen molar-refractivity contribution in [1.29, 1.82) is 0 Å². The minimum absolute atomic E-state index is 0.0861. The highest BCUT2D eigenvalue weighted by Crippen LogP contribution is 2.49. The first-order valence-electron chi connectivity index (χ1n) is 6.82. The summed E-state index contributed by atoms with van der Waals surface area (Å²) in [5.41, 5.74) is 3.59. The lowest BCUT2D eigenvalue weighted by Crippen LogP contribution is -2.13. The zero-order valence-electron chi connectivity index (χ0n) is 11.5. The fourth-order valence-electron chi connectivity index (χ4n) is 3.29. The molecule has 1 aromatic rings. The van der Waals surface area contributed by atoms with Crippen LogP contribution >= 0.6 is 0 Å². The summed E-state index contributed by atoms with van der Waals surface area (Å²) in [7, 11) is -3.72. The van der Waals surface area contributed by atoms with E-state index in [0.717, 1.165) is 5.56 Å². The maximum Gasteiger partial charge on any atom is 0.255 e. The molecule has 1 fully saturated rings. The van der Waals surface area contributed by atoms with Gasteiger partial charge in [-0.3, -0.25) is 0 Å². The number of rotatable bonds is 2. The maximum atomic E-state index is 11.2. The van der Waals surface area contributed by atoms with Crippen LogP contribution in [0.1, 0.15) is 38.2 Å². The Balaban J connectivity index is 1.96. The summed E-state index contributed by atoms with van der Waals surface area (Å²) in [4.78, 5) is 3.96.